The maximum absolute atomic E-state index is 10.9. The van der Waals surface area contributed by atoms with Gasteiger partial charge in [0.15, 0.2) is 6.23 Å². The van der Waals surface area contributed by atoms with Gasteiger partial charge in [0.05, 0.1) is 6.61 Å². The van der Waals surface area contributed by atoms with Gasteiger partial charge < -0.3 is 9.84 Å². The second kappa shape index (κ2) is 3.90. The molecule has 0 spiro atoms. The second-order valence-electron chi connectivity index (χ2n) is 3.57. The molecule has 0 saturated heterocycles. The van der Waals surface area contributed by atoms with E-state index in [4.69, 9.17) is 9.84 Å². The molecule has 80 valence electrons. The molecule has 15 heavy (non-hydrogen) atoms. The smallest absolute Gasteiger partial charge is 0.409 e. The maximum atomic E-state index is 10.9. The Morgan fingerprint density at radius 1 is 1.53 bits per heavy atom. The Hall–Kier alpha value is -1.55. The van der Waals surface area contributed by atoms with Gasteiger partial charge in [-0.15, -0.1) is 0 Å². The van der Waals surface area contributed by atoms with Gasteiger partial charge in [0.2, 0.25) is 0 Å². The van der Waals surface area contributed by atoms with Gasteiger partial charge in [0.1, 0.15) is 0 Å². The minimum absolute atomic E-state index is 0.465. The van der Waals surface area contributed by atoms with Gasteiger partial charge in [-0.2, -0.15) is 0 Å². The molecule has 1 heterocycles. The third kappa shape index (κ3) is 1.80. The fourth-order valence-electron chi connectivity index (χ4n) is 1.79. The molecular weight excluding hydrogens is 194 g/mol. The number of carbonyl (C=O) groups is 1. The maximum Gasteiger partial charge on any atom is 0.409 e. The van der Waals surface area contributed by atoms with E-state index in [0.29, 0.717) is 6.61 Å². The van der Waals surface area contributed by atoms with Crippen LogP contribution in [0.2, 0.25) is 0 Å². The molecule has 1 amide bonds. The standard InChI is InChI=1S/C11H13NO3/c1-12(11(13)14)10-9-5-3-2-4-8(9)6-7-15-10/h2-5,10H,6-7H2,1H3,(H,13,14). The van der Waals surface area contributed by atoms with Crippen molar-refractivity contribution in [2.75, 3.05) is 13.7 Å². The first kappa shape index (κ1) is 9.98. The van der Waals surface area contributed by atoms with Crippen LogP contribution >= 0.6 is 0 Å². The fourth-order valence-corrected chi connectivity index (χ4v) is 1.79. The summed E-state index contributed by atoms with van der Waals surface area (Å²) in [5, 5.41) is 8.91. The number of hydrogen-bond acceptors (Lipinski definition) is 2. The van der Waals surface area contributed by atoms with Gasteiger partial charge in [0.25, 0.3) is 0 Å². The Bertz CT molecular complexity index is 378. The van der Waals surface area contributed by atoms with E-state index in [9.17, 15) is 4.79 Å². The molecule has 0 bridgehead atoms. The zero-order valence-corrected chi connectivity index (χ0v) is 8.51. The van der Waals surface area contributed by atoms with Crippen molar-refractivity contribution in [1.29, 1.82) is 0 Å². The number of nitrogens with zero attached hydrogens (tertiary/aromatic N) is 1. The number of fused-ring (bicyclic) bond motifs is 1. The molecule has 4 heteroatoms. The summed E-state index contributed by atoms with van der Waals surface area (Å²) in [5.41, 5.74) is 2.12. The van der Waals surface area contributed by atoms with E-state index < -0.39 is 12.3 Å². The Labute approximate surface area is 88.1 Å². The molecule has 1 aliphatic heterocycles. The van der Waals surface area contributed by atoms with Crippen molar-refractivity contribution in [2.45, 2.75) is 12.6 Å². The average Bonchev–Trinajstić information content (AvgIpc) is 2.27. The largest absolute Gasteiger partial charge is 0.465 e. The lowest BCUT2D eigenvalue weighted by Gasteiger charge is -2.31. The van der Waals surface area contributed by atoms with Crippen molar-refractivity contribution in [2.24, 2.45) is 0 Å². The molecule has 0 saturated carbocycles. The van der Waals surface area contributed by atoms with E-state index in [-0.39, 0.29) is 0 Å². The number of ether oxygens (including phenoxy) is 1. The van der Waals surface area contributed by atoms with E-state index >= 15 is 0 Å². The van der Waals surface area contributed by atoms with Crippen LogP contribution in [0.5, 0.6) is 0 Å². The highest BCUT2D eigenvalue weighted by molar-refractivity contribution is 5.65. The van der Waals surface area contributed by atoms with Crippen molar-refractivity contribution in [3.8, 4) is 0 Å². The molecule has 0 radical (unpaired) electrons. The average molecular weight is 207 g/mol. The molecule has 1 aromatic rings. The van der Waals surface area contributed by atoms with Gasteiger partial charge in [-0.05, 0) is 12.0 Å². The molecule has 1 aliphatic rings. The number of amides is 1. The van der Waals surface area contributed by atoms with Gasteiger partial charge in [0, 0.05) is 12.6 Å². The van der Waals surface area contributed by atoms with Gasteiger partial charge in [-0.3, -0.25) is 4.90 Å². The molecule has 0 fully saturated rings. The lowest BCUT2D eigenvalue weighted by Crippen LogP contribution is -2.34. The van der Waals surface area contributed by atoms with Crippen LogP contribution in [-0.2, 0) is 11.2 Å². The summed E-state index contributed by atoms with van der Waals surface area (Å²) in [5.74, 6) is 0. The quantitative estimate of drug-likeness (QED) is 0.764. The van der Waals surface area contributed by atoms with Crippen LogP contribution in [0.25, 0.3) is 0 Å². The minimum atomic E-state index is -0.975. The number of carboxylic acid groups (broad SMARTS) is 1. The predicted molar refractivity (Wildman–Crippen MR) is 54.6 cm³/mol. The Balaban J connectivity index is 2.33. The molecule has 4 nitrogen and oxygen atoms in total. The first-order valence-corrected chi connectivity index (χ1v) is 4.85. The molecule has 1 unspecified atom stereocenters. The summed E-state index contributed by atoms with van der Waals surface area (Å²) in [6.07, 6.45) is -0.593. The van der Waals surface area contributed by atoms with E-state index in [0.717, 1.165) is 12.0 Å². The predicted octanol–water partition coefficient (Wildman–Crippen LogP) is 1.87. The summed E-state index contributed by atoms with van der Waals surface area (Å²) in [7, 11) is 1.52. The highest BCUT2D eigenvalue weighted by Crippen LogP contribution is 2.28. The van der Waals surface area contributed by atoms with Gasteiger partial charge >= 0.3 is 6.09 Å². The van der Waals surface area contributed by atoms with E-state index in [1.807, 2.05) is 24.3 Å². The van der Waals surface area contributed by atoms with Crippen LogP contribution in [0.15, 0.2) is 24.3 Å². The van der Waals surface area contributed by atoms with E-state index in [2.05, 4.69) is 0 Å². The topological polar surface area (TPSA) is 49.8 Å². The lowest BCUT2D eigenvalue weighted by atomic mass is 10.0. The zero-order valence-electron chi connectivity index (χ0n) is 8.51. The van der Waals surface area contributed by atoms with Crippen molar-refractivity contribution in [3.05, 3.63) is 35.4 Å². The van der Waals surface area contributed by atoms with Crippen molar-refractivity contribution >= 4 is 6.09 Å². The van der Waals surface area contributed by atoms with E-state index in [1.165, 1.54) is 17.5 Å². The third-order valence-electron chi connectivity index (χ3n) is 2.62. The fraction of sp³-hybridized carbons (Fsp3) is 0.364. The summed E-state index contributed by atoms with van der Waals surface area (Å²) >= 11 is 0. The first-order valence-electron chi connectivity index (χ1n) is 4.85. The van der Waals surface area contributed by atoms with Crippen LogP contribution in [0.4, 0.5) is 4.79 Å². The molecule has 1 aromatic carbocycles. The van der Waals surface area contributed by atoms with Crippen LogP contribution in [-0.4, -0.2) is 29.8 Å². The summed E-state index contributed by atoms with van der Waals surface area (Å²) in [6.45, 7) is 0.569. The highest BCUT2D eigenvalue weighted by atomic mass is 16.5. The monoisotopic (exact) mass is 207 g/mol. The van der Waals surface area contributed by atoms with Crippen molar-refractivity contribution in [3.63, 3.8) is 0 Å². The van der Waals surface area contributed by atoms with Crippen LogP contribution in [0, 0.1) is 0 Å². The normalized spacial score (nSPS) is 19.4. The molecular formula is C11H13NO3. The minimum Gasteiger partial charge on any atom is -0.465 e. The number of benzene rings is 1. The molecule has 0 aliphatic carbocycles. The lowest BCUT2D eigenvalue weighted by molar-refractivity contribution is -0.0474. The van der Waals surface area contributed by atoms with Gasteiger partial charge in [-0.1, -0.05) is 24.3 Å². The Morgan fingerprint density at radius 2 is 2.27 bits per heavy atom. The highest BCUT2D eigenvalue weighted by Gasteiger charge is 2.26. The molecule has 1 N–H and O–H groups in total. The SMILES string of the molecule is CN(C(=O)O)C1OCCc2ccccc21. The molecule has 2 rings (SSSR count). The van der Waals surface area contributed by atoms with Crippen LogP contribution < -0.4 is 0 Å². The summed E-state index contributed by atoms with van der Waals surface area (Å²) in [4.78, 5) is 12.0. The van der Waals surface area contributed by atoms with E-state index in [1.54, 1.807) is 0 Å². The van der Waals surface area contributed by atoms with Crippen molar-refractivity contribution < 1.29 is 14.6 Å². The van der Waals surface area contributed by atoms with Gasteiger partial charge in [-0.25, -0.2) is 4.79 Å². The number of hydrogen-bond donors (Lipinski definition) is 1. The summed E-state index contributed by atoms with van der Waals surface area (Å²) < 4.78 is 5.47. The molecule has 0 aromatic heterocycles. The Morgan fingerprint density at radius 3 is 3.00 bits per heavy atom. The zero-order chi connectivity index (χ0) is 10.8. The summed E-state index contributed by atoms with van der Waals surface area (Å²) in [6, 6.07) is 7.79. The third-order valence-corrected chi connectivity index (χ3v) is 2.62. The second-order valence-corrected chi connectivity index (χ2v) is 3.57. The molecule has 1 atom stereocenters. The Kier molecular flexibility index (Phi) is 2.60. The van der Waals surface area contributed by atoms with Crippen LogP contribution in [0.3, 0.4) is 0 Å². The van der Waals surface area contributed by atoms with Crippen molar-refractivity contribution in [1.82, 2.24) is 4.90 Å². The first-order chi connectivity index (χ1) is 7.20. The van der Waals surface area contributed by atoms with Crippen LogP contribution in [0.1, 0.15) is 17.4 Å². The number of rotatable bonds is 1.